The van der Waals surface area contributed by atoms with Crippen molar-refractivity contribution in [2.75, 3.05) is 6.67 Å². The standard InChI is InChI=1S/C17H15FN4O3/c18-11-17(3-4-17)22-7-6-21(15(23)16(22)24)10-13-8-14(25-20-13)12-2-1-5-19-9-12/h1-2,5-9H,3-4,10-11H2. The molecule has 0 saturated heterocycles. The average molecular weight is 342 g/mol. The van der Waals surface area contributed by atoms with Crippen LogP contribution in [-0.2, 0) is 12.1 Å². The molecule has 8 heteroatoms. The SMILES string of the molecule is O=c1c(=O)n(C2(CF)CC2)ccn1Cc1cc(-c2cccnc2)on1. The van der Waals surface area contributed by atoms with Crippen LogP contribution in [0.1, 0.15) is 18.5 Å². The summed E-state index contributed by atoms with van der Waals surface area (Å²) in [5, 5.41) is 3.93. The zero-order valence-electron chi connectivity index (χ0n) is 13.3. The summed E-state index contributed by atoms with van der Waals surface area (Å²) >= 11 is 0. The Hall–Kier alpha value is -3.03. The number of hydrogen-bond acceptors (Lipinski definition) is 5. The molecule has 0 amide bonds. The Morgan fingerprint density at radius 2 is 2.08 bits per heavy atom. The summed E-state index contributed by atoms with van der Waals surface area (Å²) in [4.78, 5) is 28.6. The van der Waals surface area contributed by atoms with Crippen molar-refractivity contribution in [1.29, 1.82) is 0 Å². The van der Waals surface area contributed by atoms with E-state index in [0.29, 0.717) is 24.3 Å². The fourth-order valence-corrected chi connectivity index (χ4v) is 2.80. The van der Waals surface area contributed by atoms with Gasteiger partial charge in [0.15, 0.2) is 5.76 Å². The Labute approximate surface area is 141 Å². The molecule has 1 saturated carbocycles. The molecule has 0 radical (unpaired) electrons. The van der Waals surface area contributed by atoms with Gasteiger partial charge in [-0.1, -0.05) is 5.16 Å². The van der Waals surface area contributed by atoms with Crippen molar-refractivity contribution in [3.05, 3.63) is 69.4 Å². The molecule has 1 fully saturated rings. The lowest BCUT2D eigenvalue weighted by Crippen LogP contribution is -2.45. The van der Waals surface area contributed by atoms with Crippen LogP contribution >= 0.6 is 0 Å². The van der Waals surface area contributed by atoms with E-state index in [1.54, 1.807) is 24.5 Å². The summed E-state index contributed by atoms with van der Waals surface area (Å²) < 4.78 is 20.9. The molecular formula is C17H15FN4O3. The summed E-state index contributed by atoms with van der Waals surface area (Å²) in [5.74, 6) is 0.527. The van der Waals surface area contributed by atoms with Gasteiger partial charge in [0.25, 0.3) is 0 Å². The first-order valence-corrected chi connectivity index (χ1v) is 7.87. The second-order valence-electron chi connectivity index (χ2n) is 6.19. The monoisotopic (exact) mass is 342 g/mol. The lowest BCUT2D eigenvalue weighted by Gasteiger charge is -2.15. The van der Waals surface area contributed by atoms with E-state index in [1.165, 1.54) is 21.5 Å². The van der Waals surface area contributed by atoms with Gasteiger partial charge in [0, 0.05) is 36.4 Å². The molecule has 3 heterocycles. The minimum atomic E-state index is -0.823. The van der Waals surface area contributed by atoms with E-state index >= 15 is 0 Å². The van der Waals surface area contributed by atoms with Crippen LogP contribution in [0.25, 0.3) is 11.3 Å². The highest BCUT2D eigenvalue weighted by molar-refractivity contribution is 5.55. The molecule has 0 atom stereocenters. The molecule has 0 aliphatic heterocycles. The van der Waals surface area contributed by atoms with Crippen LogP contribution in [0.4, 0.5) is 4.39 Å². The van der Waals surface area contributed by atoms with E-state index in [2.05, 4.69) is 10.1 Å². The third kappa shape index (κ3) is 2.69. The Bertz CT molecular complexity index is 1020. The number of aromatic nitrogens is 4. The van der Waals surface area contributed by atoms with Crippen molar-refractivity contribution in [3.63, 3.8) is 0 Å². The van der Waals surface area contributed by atoms with Crippen LogP contribution in [0.2, 0.25) is 0 Å². The number of rotatable bonds is 5. The first-order chi connectivity index (χ1) is 12.1. The molecule has 128 valence electrons. The van der Waals surface area contributed by atoms with Gasteiger partial charge in [-0.2, -0.15) is 0 Å². The molecule has 7 nitrogen and oxygen atoms in total. The van der Waals surface area contributed by atoms with Crippen LogP contribution in [0.5, 0.6) is 0 Å². The van der Waals surface area contributed by atoms with Crippen molar-refractivity contribution >= 4 is 0 Å². The Morgan fingerprint density at radius 3 is 2.76 bits per heavy atom. The van der Waals surface area contributed by atoms with Gasteiger partial charge in [0.1, 0.15) is 12.4 Å². The molecule has 25 heavy (non-hydrogen) atoms. The number of hydrogen-bond donors (Lipinski definition) is 0. The maximum absolute atomic E-state index is 13.1. The zero-order valence-corrected chi connectivity index (χ0v) is 13.3. The third-order valence-corrected chi connectivity index (χ3v) is 4.48. The molecular weight excluding hydrogens is 327 g/mol. The molecule has 4 rings (SSSR count). The predicted molar refractivity (Wildman–Crippen MR) is 87.0 cm³/mol. The minimum absolute atomic E-state index is 0.0985. The van der Waals surface area contributed by atoms with E-state index in [0.717, 1.165) is 5.56 Å². The Morgan fingerprint density at radius 1 is 1.24 bits per heavy atom. The summed E-state index contributed by atoms with van der Waals surface area (Å²) in [5.41, 5.74) is -0.967. The normalized spacial score (nSPS) is 15.2. The van der Waals surface area contributed by atoms with Gasteiger partial charge in [-0.25, -0.2) is 4.39 Å². The number of alkyl halides is 1. The van der Waals surface area contributed by atoms with Crippen molar-refractivity contribution in [3.8, 4) is 11.3 Å². The number of nitrogens with zero attached hydrogens (tertiary/aromatic N) is 4. The molecule has 1 aliphatic rings. The topological polar surface area (TPSA) is 82.9 Å². The number of pyridine rings is 1. The first-order valence-electron chi connectivity index (χ1n) is 7.87. The highest BCUT2D eigenvalue weighted by Gasteiger charge is 2.45. The molecule has 3 aromatic rings. The van der Waals surface area contributed by atoms with Gasteiger partial charge < -0.3 is 13.7 Å². The Balaban J connectivity index is 1.62. The Kier molecular flexibility index (Phi) is 3.60. The van der Waals surface area contributed by atoms with Crippen molar-refractivity contribution in [2.45, 2.75) is 24.9 Å². The van der Waals surface area contributed by atoms with Gasteiger partial charge >= 0.3 is 11.1 Å². The quantitative estimate of drug-likeness (QED) is 0.657. The van der Waals surface area contributed by atoms with Crippen LogP contribution in [0.15, 0.2) is 57.1 Å². The predicted octanol–water partition coefficient (Wildman–Crippen LogP) is 1.57. The van der Waals surface area contributed by atoms with Crippen molar-refractivity contribution in [2.24, 2.45) is 0 Å². The fraction of sp³-hybridized carbons (Fsp3) is 0.294. The summed E-state index contributed by atoms with van der Waals surface area (Å²) in [6.07, 6.45) is 7.40. The van der Waals surface area contributed by atoms with Crippen molar-refractivity contribution < 1.29 is 8.91 Å². The van der Waals surface area contributed by atoms with Gasteiger partial charge in [0.2, 0.25) is 0 Å². The minimum Gasteiger partial charge on any atom is -0.356 e. The van der Waals surface area contributed by atoms with Crippen LogP contribution < -0.4 is 11.1 Å². The van der Waals surface area contributed by atoms with Gasteiger partial charge in [0.05, 0.1) is 12.1 Å². The highest BCUT2D eigenvalue weighted by Crippen LogP contribution is 2.42. The molecule has 0 unspecified atom stereocenters. The summed E-state index contributed by atoms with van der Waals surface area (Å²) in [6.45, 7) is -0.546. The molecule has 1 aliphatic carbocycles. The maximum atomic E-state index is 13.1. The van der Waals surface area contributed by atoms with Crippen LogP contribution in [-0.4, -0.2) is 25.9 Å². The lowest BCUT2D eigenvalue weighted by molar-refractivity contribution is 0.326. The molecule has 0 bridgehead atoms. The first kappa shape index (κ1) is 15.5. The summed E-state index contributed by atoms with van der Waals surface area (Å²) in [7, 11) is 0. The number of halogens is 1. The lowest BCUT2D eigenvalue weighted by atomic mass is 10.2. The van der Waals surface area contributed by atoms with E-state index in [1.807, 2.05) is 6.07 Å². The third-order valence-electron chi connectivity index (χ3n) is 4.48. The van der Waals surface area contributed by atoms with Crippen LogP contribution in [0, 0.1) is 0 Å². The highest BCUT2D eigenvalue weighted by atomic mass is 19.1. The zero-order chi connectivity index (χ0) is 17.4. The second kappa shape index (κ2) is 5.80. The molecule has 0 spiro atoms. The molecule has 3 aromatic heterocycles. The van der Waals surface area contributed by atoms with Gasteiger partial charge in [-0.3, -0.25) is 14.6 Å². The smallest absolute Gasteiger partial charge is 0.317 e. The van der Waals surface area contributed by atoms with E-state index in [-0.39, 0.29) is 6.54 Å². The fourth-order valence-electron chi connectivity index (χ4n) is 2.80. The van der Waals surface area contributed by atoms with Crippen LogP contribution in [0.3, 0.4) is 0 Å². The van der Waals surface area contributed by atoms with Crippen molar-refractivity contribution in [1.82, 2.24) is 19.3 Å². The largest absolute Gasteiger partial charge is 0.356 e. The maximum Gasteiger partial charge on any atom is 0.317 e. The second-order valence-corrected chi connectivity index (χ2v) is 6.19. The average Bonchev–Trinajstić information content (AvgIpc) is 3.30. The van der Waals surface area contributed by atoms with Gasteiger partial charge in [-0.15, -0.1) is 0 Å². The van der Waals surface area contributed by atoms with E-state index < -0.39 is 23.3 Å². The van der Waals surface area contributed by atoms with E-state index in [9.17, 15) is 14.0 Å². The summed E-state index contributed by atoms with van der Waals surface area (Å²) in [6, 6.07) is 5.30. The molecule has 0 N–H and O–H groups in total. The van der Waals surface area contributed by atoms with E-state index in [4.69, 9.17) is 4.52 Å². The molecule has 0 aromatic carbocycles. The van der Waals surface area contributed by atoms with Gasteiger partial charge in [-0.05, 0) is 25.0 Å².